The molecule has 0 saturated carbocycles. The second-order valence-electron chi connectivity index (χ2n) is 5.15. The highest BCUT2D eigenvalue weighted by atomic mass is 14.3. The summed E-state index contributed by atoms with van der Waals surface area (Å²) >= 11 is 0. The van der Waals surface area contributed by atoms with Crippen molar-refractivity contribution in [3.63, 3.8) is 0 Å². The van der Waals surface area contributed by atoms with Crippen LogP contribution >= 0.6 is 0 Å². The van der Waals surface area contributed by atoms with Crippen LogP contribution in [0.25, 0.3) is 0 Å². The van der Waals surface area contributed by atoms with Crippen molar-refractivity contribution < 1.29 is 0 Å². The predicted molar refractivity (Wildman–Crippen MR) is 76.3 cm³/mol. The highest BCUT2D eigenvalue weighted by Crippen LogP contribution is 2.28. The van der Waals surface area contributed by atoms with E-state index in [0.29, 0.717) is 5.92 Å². The van der Waals surface area contributed by atoms with Crippen molar-refractivity contribution in [2.24, 2.45) is 11.3 Å². The molecule has 0 spiro atoms. The largest absolute Gasteiger partial charge is 0.308 e. The van der Waals surface area contributed by atoms with Crippen LogP contribution in [-0.2, 0) is 0 Å². The Labute approximate surface area is 102 Å². The number of nitrogens with one attached hydrogen (secondary N) is 1. The first-order valence-corrected chi connectivity index (χ1v) is 6.18. The molecule has 0 saturated heterocycles. The minimum Gasteiger partial charge on any atom is -0.308 e. The number of hydrogen-bond donors (Lipinski definition) is 1. The Morgan fingerprint density at radius 3 is 1.81 bits per heavy atom. The molecular weight excluding hydrogens is 194 g/mol. The number of hydrogen-bond acceptors (Lipinski definition) is 1. The van der Waals surface area contributed by atoms with Gasteiger partial charge in [0, 0.05) is 6.21 Å². The molecule has 0 aliphatic carbocycles. The van der Waals surface area contributed by atoms with Gasteiger partial charge in [0.05, 0.1) is 0 Å². The molecule has 0 radical (unpaired) electrons. The third-order valence-corrected chi connectivity index (χ3v) is 1.99. The Kier molecular flexibility index (Phi) is 9.12. The van der Waals surface area contributed by atoms with Crippen LogP contribution in [0.5, 0.6) is 0 Å². The SMILES string of the molecule is C/C(C=N)=C/C(=C\C(C)C)C(C)(C)C.CC. The standard InChI is InChI=1S/C13H23N.C2H6/c1-10(2)7-12(13(4,5)6)8-11(3)9-14;1-2/h7-10,14H,1-6H3;1-2H3/b11-8-,12-7+,14-9?;. The van der Waals surface area contributed by atoms with E-state index in [1.807, 2.05) is 20.8 Å². The van der Waals surface area contributed by atoms with Crippen molar-refractivity contribution in [2.75, 3.05) is 0 Å². The van der Waals surface area contributed by atoms with Crippen LogP contribution in [0, 0.1) is 16.7 Å². The summed E-state index contributed by atoms with van der Waals surface area (Å²) in [6.07, 6.45) is 5.78. The van der Waals surface area contributed by atoms with Gasteiger partial charge in [0.2, 0.25) is 0 Å². The average Bonchev–Trinajstić information content (AvgIpc) is 2.17. The van der Waals surface area contributed by atoms with Crippen LogP contribution in [-0.4, -0.2) is 6.21 Å². The van der Waals surface area contributed by atoms with Gasteiger partial charge >= 0.3 is 0 Å². The van der Waals surface area contributed by atoms with E-state index in [1.165, 1.54) is 11.8 Å². The molecule has 94 valence electrons. The quantitative estimate of drug-likeness (QED) is 0.500. The maximum atomic E-state index is 7.17. The summed E-state index contributed by atoms with van der Waals surface area (Å²) in [7, 11) is 0. The van der Waals surface area contributed by atoms with Gasteiger partial charge in [-0.25, -0.2) is 0 Å². The zero-order chi connectivity index (χ0) is 13.4. The first kappa shape index (κ1) is 17.5. The van der Waals surface area contributed by atoms with E-state index in [0.717, 1.165) is 5.57 Å². The molecule has 0 fully saturated rings. The second-order valence-corrected chi connectivity index (χ2v) is 5.15. The van der Waals surface area contributed by atoms with E-state index in [9.17, 15) is 0 Å². The van der Waals surface area contributed by atoms with Gasteiger partial charge in [-0.3, -0.25) is 0 Å². The summed E-state index contributed by atoms with van der Waals surface area (Å²) in [6, 6.07) is 0. The van der Waals surface area contributed by atoms with Crippen LogP contribution in [0.3, 0.4) is 0 Å². The molecule has 16 heavy (non-hydrogen) atoms. The highest BCUT2D eigenvalue weighted by molar-refractivity contribution is 5.75. The van der Waals surface area contributed by atoms with Gasteiger partial charge in [0.15, 0.2) is 0 Å². The average molecular weight is 223 g/mol. The van der Waals surface area contributed by atoms with Gasteiger partial charge in [-0.15, -0.1) is 0 Å². The van der Waals surface area contributed by atoms with E-state index < -0.39 is 0 Å². The Bertz CT molecular complexity index is 249. The number of allylic oxidation sites excluding steroid dienone is 4. The van der Waals surface area contributed by atoms with Gasteiger partial charge < -0.3 is 5.41 Å². The van der Waals surface area contributed by atoms with Crippen molar-refractivity contribution in [2.45, 2.75) is 55.4 Å². The number of rotatable bonds is 3. The Balaban J connectivity index is 0. The molecule has 1 heteroatoms. The van der Waals surface area contributed by atoms with Crippen LogP contribution in [0.2, 0.25) is 0 Å². The summed E-state index contributed by atoms with van der Waals surface area (Å²) in [4.78, 5) is 0. The zero-order valence-corrected chi connectivity index (χ0v) is 12.3. The van der Waals surface area contributed by atoms with E-state index >= 15 is 0 Å². The predicted octanol–water partition coefficient (Wildman–Crippen LogP) is 5.24. The molecule has 0 rings (SSSR count). The summed E-state index contributed by atoms with van der Waals surface area (Å²) in [5, 5.41) is 7.17. The molecule has 0 aromatic rings. The molecule has 0 aliphatic heterocycles. The molecule has 0 aromatic heterocycles. The summed E-state index contributed by atoms with van der Waals surface area (Å²) in [5.41, 5.74) is 2.48. The fourth-order valence-corrected chi connectivity index (χ4v) is 1.16. The fraction of sp³-hybridized carbons (Fsp3) is 0.667. The van der Waals surface area contributed by atoms with Gasteiger partial charge in [-0.05, 0) is 29.4 Å². The first-order valence-electron chi connectivity index (χ1n) is 6.18. The molecule has 0 amide bonds. The van der Waals surface area contributed by atoms with Crippen LogP contribution < -0.4 is 0 Å². The third-order valence-electron chi connectivity index (χ3n) is 1.99. The lowest BCUT2D eigenvalue weighted by Gasteiger charge is -2.22. The van der Waals surface area contributed by atoms with Crippen molar-refractivity contribution in [1.82, 2.24) is 0 Å². The topological polar surface area (TPSA) is 23.9 Å². The molecule has 0 unspecified atom stereocenters. The van der Waals surface area contributed by atoms with Crippen molar-refractivity contribution >= 4 is 6.21 Å². The second kappa shape index (κ2) is 8.32. The summed E-state index contributed by atoms with van der Waals surface area (Å²) < 4.78 is 0. The minimum atomic E-state index is 0.161. The van der Waals surface area contributed by atoms with Gasteiger partial charge in [0.1, 0.15) is 0 Å². The van der Waals surface area contributed by atoms with Crippen LogP contribution in [0.15, 0.2) is 23.3 Å². The molecule has 1 N–H and O–H groups in total. The lowest BCUT2D eigenvalue weighted by molar-refractivity contribution is 0.510. The lowest BCUT2D eigenvalue weighted by atomic mass is 9.84. The molecule has 1 nitrogen and oxygen atoms in total. The van der Waals surface area contributed by atoms with E-state index in [4.69, 9.17) is 5.41 Å². The first-order chi connectivity index (χ1) is 7.27. The minimum absolute atomic E-state index is 0.161. The van der Waals surface area contributed by atoms with E-state index in [2.05, 4.69) is 46.8 Å². The van der Waals surface area contributed by atoms with Gasteiger partial charge in [-0.2, -0.15) is 0 Å². The van der Waals surface area contributed by atoms with Crippen molar-refractivity contribution in [1.29, 1.82) is 5.41 Å². The Morgan fingerprint density at radius 1 is 1.12 bits per heavy atom. The third kappa shape index (κ3) is 8.46. The maximum Gasteiger partial charge on any atom is 0.0207 e. The van der Waals surface area contributed by atoms with Gasteiger partial charge in [-0.1, -0.05) is 60.6 Å². The zero-order valence-electron chi connectivity index (χ0n) is 12.3. The van der Waals surface area contributed by atoms with Gasteiger partial charge in [0.25, 0.3) is 0 Å². The fourth-order valence-electron chi connectivity index (χ4n) is 1.16. The molecule has 0 aliphatic rings. The Hall–Kier alpha value is -0.850. The monoisotopic (exact) mass is 223 g/mol. The lowest BCUT2D eigenvalue weighted by Crippen LogP contribution is -2.09. The Morgan fingerprint density at radius 2 is 1.56 bits per heavy atom. The normalized spacial score (nSPS) is 13.3. The molecule has 0 bridgehead atoms. The molecule has 0 aromatic carbocycles. The smallest absolute Gasteiger partial charge is 0.0207 e. The van der Waals surface area contributed by atoms with Crippen LogP contribution in [0.4, 0.5) is 0 Å². The maximum absolute atomic E-state index is 7.17. The molecular formula is C15H29N. The molecule has 0 heterocycles. The highest BCUT2D eigenvalue weighted by Gasteiger charge is 2.15. The van der Waals surface area contributed by atoms with E-state index in [-0.39, 0.29) is 5.41 Å². The van der Waals surface area contributed by atoms with Crippen molar-refractivity contribution in [3.05, 3.63) is 23.3 Å². The summed E-state index contributed by atoms with van der Waals surface area (Å²) in [6.45, 7) is 16.9. The van der Waals surface area contributed by atoms with E-state index in [1.54, 1.807) is 0 Å². The summed E-state index contributed by atoms with van der Waals surface area (Å²) in [5.74, 6) is 0.555. The van der Waals surface area contributed by atoms with Crippen LogP contribution in [0.1, 0.15) is 55.4 Å². The molecule has 0 atom stereocenters. The van der Waals surface area contributed by atoms with Crippen molar-refractivity contribution in [3.8, 4) is 0 Å².